The second-order valence-corrected chi connectivity index (χ2v) is 6.32. The number of hydrogen-bond acceptors (Lipinski definition) is 2. The third-order valence-electron chi connectivity index (χ3n) is 4.92. The molecule has 4 rings (SSSR count). The summed E-state index contributed by atoms with van der Waals surface area (Å²) >= 11 is 0. The third kappa shape index (κ3) is 1.75. The summed E-state index contributed by atoms with van der Waals surface area (Å²) in [5.41, 5.74) is 2.81. The van der Waals surface area contributed by atoms with Crippen LogP contribution in [0.1, 0.15) is 44.9 Å². The van der Waals surface area contributed by atoms with Crippen LogP contribution in [-0.4, -0.2) is 13.0 Å². The molecule has 4 bridgehead atoms. The fraction of sp³-hybridized carbons (Fsp3) is 0.923. The summed E-state index contributed by atoms with van der Waals surface area (Å²) < 4.78 is 0. The molecule has 1 N–H and O–H groups in total. The fourth-order valence-corrected chi connectivity index (χ4v) is 5.00. The summed E-state index contributed by atoms with van der Waals surface area (Å²) in [4.78, 5) is 16.4. The molecule has 0 aliphatic heterocycles. The maximum absolute atomic E-state index is 11.7. The molecule has 3 heteroatoms. The molecule has 0 unspecified atom stereocenters. The van der Waals surface area contributed by atoms with Crippen molar-refractivity contribution in [1.82, 2.24) is 5.48 Å². The van der Waals surface area contributed by atoms with Crippen molar-refractivity contribution in [2.45, 2.75) is 44.9 Å². The molecule has 4 aliphatic carbocycles. The van der Waals surface area contributed by atoms with Crippen LogP contribution in [0, 0.1) is 23.2 Å². The van der Waals surface area contributed by atoms with Gasteiger partial charge in [-0.25, -0.2) is 5.48 Å². The molecular weight excluding hydrogens is 202 g/mol. The van der Waals surface area contributed by atoms with Crippen LogP contribution in [0.15, 0.2) is 0 Å². The van der Waals surface area contributed by atoms with E-state index in [2.05, 4.69) is 5.48 Å². The van der Waals surface area contributed by atoms with Crippen LogP contribution < -0.4 is 5.48 Å². The normalized spacial score (nSPS) is 44.7. The Morgan fingerprint density at radius 2 is 1.69 bits per heavy atom. The summed E-state index contributed by atoms with van der Waals surface area (Å²) in [5.74, 6) is 2.83. The van der Waals surface area contributed by atoms with Gasteiger partial charge in [0, 0.05) is 6.42 Å². The highest BCUT2D eigenvalue weighted by molar-refractivity contribution is 5.75. The lowest BCUT2D eigenvalue weighted by atomic mass is 9.49. The second kappa shape index (κ2) is 3.73. The van der Waals surface area contributed by atoms with Crippen molar-refractivity contribution in [2.24, 2.45) is 23.2 Å². The summed E-state index contributed by atoms with van der Waals surface area (Å²) in [7, 11) is 1.51. The highest BCUT2D eigenvalue weighted by Crippen LogP contribution is 2.61. The van der Waals surface area contributed by atoms with Crippen molar-refractivity contribution in [3.8, 4) is 0 Å². The Labute approximate surface area is 96.9 Å². The molecule has 0 saturated heterocycles. The van der Waals surface area contributed by atoms with E-state index in [1.165, 1.54) is 45.6 Å². The first kappa shape index (κ1) is 10.6. The number of nitrogens with one attached hydrogen (secondary N) is 1. The smallest absolute Gasteiger partial charge is 0.244 e. The molecular formula is C13H21NO2. The summed E-state index contributed by atoms with van der Waals surface area (Å²) in [6.07, 6.45) is 8.86. The molecule has 0 aromatic carbocycles. The lowest BCUT2D eigenvalue weighted by Crippen LogP contribution is -2.47. The van der Waals surface area contributed by atoms with Gasteiger partial charge in [0.25, 0.3) is 0 Å². The molecule has 3 nitrogen and oxygen atoms in total. The van der Waals surface area contributed by atoms with Crippen LogP contribution in [0.4, 0.5) is 0 Å². The van der Waals surface area contributed by atoms with E-state index in [0.717, 1.165) is 17.8 Å². The van der Waals surface area contributed by atoms with Crippen LogP contribution in [0.2, 0.25) is 0 Å². The zero-order valence-corrected chi connectivity index (χ0v) is 10.00. The Balaban J connectivity index is 1.71. The highest BCUT2D eigenvalue weighted by Gasteiger charge is 2.51. The Morgan fingerprint density at radius 3 is 2.12 bits per heavy atom. The predicted octanol–water partition coefficient (Wildman–Crippen LogP) is 2.27. The zero-order valence-electron chi connectivity index (χ0n) is 10.00. The molecule has 0 aromatic rings. The molecule has 0 aromatic heterocycles. The summed E-state index contributed by atoms with van der Waals surface area (Å²) in [6, 6.07) is 0. The van der Waals surface area contributed by atoms with E-state index in [1.54, 1.807) is 0 Å². The quantitative estimate of drug-likeness (QED) is 0.745. The molecule has 4 fully saturated rings. The van der Waals surface area contributed by atoms with Gasteiger partial charge in [0.15, 0.2) is 0 Å². The van der Waals surface area contributed by atoms with Gasteiger partial charge in [0.1, 0.15) is 0 Å². The number of carbonyl (C=O) groups is 1. The second-order valence-electron chi connectivity index (χ2n) is 6.32. The molecule has 4 aliphatic rings. The van der Waals surface area contributed by atoms with Crippen LogP contribution >= 0.6 is 0 Å². The van der Waals surface area contributed by atoms with E-state index >= 15 is 0 Å². The Kier molecular flexibility index (Phi) is 2.46. The van der Waals surface area contributed by atoms with E-state index in [1.807, 2.05) is 0 Å². The number of hydrogen-bond donors (Lipinski definition) is 1. The molecule has 0 atom stereocenters. The Morgan fingerprint density at radius 1 is 1.19 bits per heavy atom. The average molecular weight is 223 g/mol. The van der Waals surface area contributed by atoms with Gasteiger partial charge >= 0.3 is 0 Å². The molecule has 16 heavy (non-hydrogen) atoms. The van der Waals surface area contributed by atoms with E-state index in [4.69, 9.17) is 4.84 Å². The predicted molar refractivity (Wildman–Crippen MR) is 60.4 cm³/mol. The van der Waals surface area contributed by atoms with Crippen LogP contribution in [-0.2, 0) is 9.63 Å². The standard InChI is InChI=1S/C13H21NO2/c1-16-14-12(15)8-13-5-9-2-10(6-13)4-11(3-9)7-13/h9-11H,2-8H2,1H3,(H,14,15). The number of hydroxylamine groups is 1. The van der Waals surface area contributed by atoms with E-state index in [9.17, 15) is 4.79 Å². The first-order valence-corrected chi connectivity index (χ1v) is 6.51. The average Bonchev–Trinajstić information content (AvgIpc) is 2.13. The maximum atomic E-state index is 11.7. The lowest BCUT2D eigenvalue weighted by Gasteiger charge is -2.56. The molecule has 90 valence electrons. The number of rotatable bonds is 3. The SMILES string of the molecule is CONC(=O)CC12CC3CC(CC(C3)C1)C2. The first-order chi connectivity index (χ1) is 7.69. The van der Waals surface area contributed by atoms with Gasteiger partial charge < -0.3 is 0 Å². The van der Waals surface area contributed by atoms with Gasteiger partial charge in [0.2, 0.25) is 5.91 Å². The minimum Gasteiger partial charge on any atom is -0.277 e. The van der Waals surface area contributed by atoms with E-state index in [-0.39, 0.29) is 5.91 Å². The zero-order chi connectivity index (χ0) is 11.2. The van der Waals surface area contributed by atoms with E-state index < -0.39 is 0 Å². The maximum Gasteiger partial charge on any atom is 0.244 e. The molecule has 0 spiro atoms. The van der Waals surface area contributed by atoms with Crippen molar-refractivity contribution >= 4 is 5.91 Å². The minimum atomic E-state index is 0.0736. The van der Waals surface area contributed by atoms with Crippen LogP contribution in [0.3, 0.4) is 0 Å². The minimum absolute atomic E-state index is 0.0736. The third-order valence-corrected chi connectivity index (χ3v) is 4.92. The van der Waals surface area contributed by atoms with Crippen molar-refractivity contribution in [2.75, 3.05) is 7.11 Å². The van der Waals surface area contributed by atoms with E-state index in [0.29, 0.717) is 11.8 Å². The lowest BCUT2D eigenvalue weighted by molar-refractivity contribution is -0.139. The first-order valence-electron chi connectivity index (χ1n) is 6.51. The fourth-order valence-electron chi connectivity index (χ4n) is 5.00. The van der Waals surface area contributed by atoms with Gasteiger partial charge in [0.05, 0.1) is 7.11 Å². The molecule has 1 amide bonds. The van der Waals surface area contributed by atoms with Crippen molar-refractivity contribution in [1.29, 1.82) is 0 Å². The van der Waals surface area contributed by atoms with Gasteiger partial charge in [-0.1, -0.05) is 0 Å². The molecule has 0 heterocycles. The Hall–Kier alpha value is -0.570. The van der Waals surface area contributed by atoms with Gasteiger partial charge in [-0.3, -0.25) is 9.63 Å². The van der Waals surface area contributed by atoms with Gasteiger partial charge in [-0.05, 0) is 61.7 Å². The highest BCUT2D eigenvalue weighted by atomic mass is 16.6. The van der Waals surface area contributed by atoms with Crippen LogP contribution in [0.5, 0.6) is 0 Å². The number of amides is 1. The number of carbonyl (C=O) groups excluding carboxylic acids is 1. The monoisotopic (exact) mass is 223 g/mol. The van der Waals surface area contributed by atoms with Crippen molar-refractivity contribution in [3.63, 3.8) is 0 Å². The summed E-state index contributed by atoms with van der Waals surface area (Å²) in [5, 5.41) is 0. The summed E-state index contributed by atoms with van der Waals surface area (Å²) in [6.45, 7) is 0. The van der Waals surface area contributed by atoms with Gasteiger partial charge in [-0.15, -0.1) is 0 Å². The Bertz CT molecular complexity index is 265. The van der Waals surface area contributed by atoms with Crippen LogP contribution in [0.25, 0.3) is 0 Å². The molecule has 0 radical (unpaired) electrons. The largest absolute Gasteiger partial charge is 0.277 e. The topological polar surface area (TPSA) is 38.3 Å². The molecule has 4 saturated carbocycles. The van der Waals surface area contributed by atoms with Crippen molar-refractivity contribution in [3.05, 3.63) is 0 Å². The van der Waals surface area contributed by atoms with Crippen molar-refractivity contribution < 1.29 is 9.63 Å². The van der Waals surface area contributed by atoms with Gasteiger partial charge in [-0.2, -0.15) is 0 Å².